The van der Waals surface area contributed by atoms with E-state index in [2.05, 4.69) is 9.78 Å². The third kappa shape index (κ3) is 2.09. The molecular formula is C8H6O7. The van der Waals surface area contributed by atoms with E-state index in [1.807, 2.05) is 0 Å². The monoisotopic (exact) mass is 214 g/mol. The first-order valence-electron chi connectivity index (χ1n) is 3.77. The van der Waals surface area contributed by atoms with E-state index in [0.29, 0.717) is 0 Å². The van der Waals surface area contributed by atoms with Crippen molar-refractivity contribution in [1.82, 2.24) is 0 Å². The van der Waals surface area contributed by atoms with Crippen LogP contribution in [0, 0.1) is 0 Å². The van der Waals surface area contributed by atoms with E-state index in [-0.39, 0.29) is 6.42 Å². The highest BCUT2D eigenvalue weighted by atomic mass is 17.1. The van der Waals surface area contributed by atoms with E-state index < -0.39 is 28.9 Å². The average molecular weight is 214 g/mol. The van der Waals surface area contributed by atoms with E-state index >= 15 is 0 Å². The number of allylic oxidation sites excluding steroid dienone is 1. The minimum absolute atomic E-state index is 0.105. The third-order valence-corrected chi connectivity index (χ3v) is 1.73. The molecule has 0 saturated carbocycles. The van der Waals surface area contributed by atoms with Crippen LogP contribution in [0.25, 0.3) is 0 Å². The zero-order valence-corrected chi connectivity index (χ0v) is 7.30. The van der Waals surface area contributed by atoms with E-state index in [9.17, 15) is 14.4 Å². The van der Waals surface area contributed by atoms with Gasteiger partial charge in [0.15, 0.2) is 5.78 Å². The lowest BCUT2D eigenvalue weighted by Gasteiger charge is -2.09. The molecule has 1 aliphatic rings. The molecule has 0 unspecified atom stereocenters. The fourth-order valence-corrected chi connectivity index (χ4v) is 1.11. The summed E-state index contributed by atoms with van der Waals surface area (Å²) in [6.07, 6.45) is 2.32. The van der Waals surface area contributed by atoms with Crippen LogP contribution < -0.4 is 0 Å². The Hall–Kier alpha value is -1.99. The summed E-state index contributed by atoms with van der Waals surface area (Å²) in [4.78, 5) is 39.8. The molecule has 0 heterocycles. The molecule has 0 amide bonds. The summed E-state index contributed by atoms with van der Waals surface area (Å²) in [5, 5.41) is 16.2. The van der Waals surface area contributed by atoms with Gasteiger partial charge in [-0.15, -0.1) is 0 Å². The lowest BCUT2D eigenvalue weighted by atomic mass is 9.96. The highest BCUT2D eigenvalue weighted by molar-refractivity contribution is 6.23. The zero-order chi connectivity index (χ0) is 11.4. The van der Waals surface area contributed by atoms with E-state index in [0.717, 1.165) is 6.08 Å². The van der Waals surface area contributed by atoms with Gasteiger partial charge in [0.1, 0.15) is 5.57 Å². The van der Waals surface area contributed by atoms with Crippen molar-refractivity contribution in [1.29, 1.82) is 0 Å². The molecule has 0 aromatic heterocycles. The molecule has 0 atom stereocenters. The lowest BCUT2D eigenvalue weighted by molar-refractivity contribution is -0.232. The molecule has 1 aliphatic carbocycles. The second-order valence-corrected chi connectivity index (χ2v) is 2.58. The van der Waals surface area contributed by atoms with Crippen LogP contribution in [0.15, 0.2) is 23.3 Å². The van der Waals surface area contributed by atoms with Gasteiger partial charge in [-0.25, -0.2) is 9.59 Å². The van der Waals surface area contributed by atoms with Crippen LogP contribution in [-0.2, 0) is 24.2 Å². The molecule has 7 heteroatoms. The topological polar surface area (TPSA) is 110 Å². The zero-order valence-electron chi connectivity index (χ0n) is 7.30. The van der Waals surface area contributed by atoms with Crippen molar-refractivity contribution in [3.8, 4) is 0 Å². The maximum absolute atomic E-state index is 11.2. The molecule has 0 aromatic carbocycles. The Morgan fingerprint density at radius 2 is 1.80 bits per heavy atom. The number of rotatable bonds is 2. The Morgan fingerprint density at radius 3 is 2.33 bits per heavy atom. The summed E-state index contributed by atoms with van der Waals surface area (Å²) in [5.74, 6) is -3.36. The summed E-state index contributed by atoms with van der Waals surface area (Å²) in [5.41, 5.74) is -1.12. The van der Waals surface area contributed by atoms with Crippen LogP contribution in [0.2, 0.25) is 0 Å². The molecule has 0 fully saturated rings. The summed E-state index contributed by atoms with van der Waals surface area (Å²) in [6.45, 7) is 0. The fourth-order valence-electron chi connectivity index (χ4n) is 1.11. The van der Waals surface area contributed by atoms with Crippen molar-refractivity contribution < 1.29 is 34.7 Å². The van der Waals surface area contributed by atoms with Gasteiger partial charge in [0.25, 0.3) is 0 Å². The third-order valence-electron chi connectivity index (χ3n) is 1.73. The molecule has 0 saturated heterocycles. The van der Waals surface area contributed by atoms with E-state index in [4.69, 9.17) is 10.5 Å². The number of hydrogen-bond acceptors (Lipinski definition) is 7. The number of carbonyl (C=O) groups is 3. The van der Waals surface area contributed by atoms with Crippen LogP contribution >= 0.6 is 0 Å². The standard InChI is InChI=1S/C8H6O7/c9-5-3-1-2-4(7(10)14-12)6(5)8(11)15-13/h1-2,12-13H,3H2. The number of Topliss-reactive ketones (excluding diaryl/α,β-unsaturated/α-hetero) is 1. The van der Waals surface area contributed by atoms with Gasteiger partial charge in [-0.1, -0.05) is 12.2 Å². The van der Waals surface area contributed by atoms with Crippen LogP contribution in [0.1, 0.15) is 6.42 Å². The Balaban J connectivity index is 3.22. The molecule has 0 aromatic rings. The van der Waals surface area contributed by atoms with Crippen molar-refractivity contribution >= 4 is 17.7 Å². The van der Waals surface area contributed by atoms with E-state index in [1.54, 1.807) is 0 Å². The van der Waals surface area contributed by atoms with Gasteiger partial charge in [0, 0.05) is 6.42 Å². The highest BCUT2D eigenvalue weighted by Crippen LogP contribution is 2.18. The first kappa shape index (κ1) is 11.1. The maximum Gasteiger partial charge on any atom is 0.377 e. The smallest absolute Gasteiger partial charge is 0.295 e. The average Bonchev–Trinajstić information content (AvgIpc) is 2.26. The SMILES string of the molecule is O=C1CC=CC(C(=O)OO)=C1C(=O)OO. The van der Waals surface area contributed by atoms with Crippen LogP contribution in [0.5, 0.6) is 0 Å². The van der Waals surface area contributed by atoms with E-state index in [1.165, 1.54) is 6.08 Å². The Bertz CT molecular complexity index is 376. The maximum atomic E-state index is 11.2. The van der Waals surface area contributed by atoms with Crippen LogP contribution in [-0.4, -0.2) is 28.2 Å². The first-order valence-corrected chi connectivity index (χ1v) is 3.77. The first-order chi connectivity index (χ1) is 7.11. The van der Waals surface area contributed by atoms with Crippen LogP contribution in [0.3, 0.4) is 0 Å². The molecule has 7 nitrogen and oxygen atoms in total. The Morgan fingerprint density at radius 1 is 1.20 bits per heavy atom. The van der Waals surface area contributed by atoms with Crippen molar-refractivity contribution in [2.45, 2.75) is 6.42 Å². The summed E-state index contributed by atoms with van der Waals surface area (Å²) in [7, 11) is 0. The highest BCUT2D eigenvalue weighted by Gasteiger charge is 2.29. The number of carbonyl (C=O) groups excluding carboxylic acids is 3. The second-order valence-electron chi connectivity index (χ2n) is 2.58. The Labute approximate surface area is 83.1 Å². The fraction of sp³-hybridized carbons (Fsp3) is 0.125. The molecule has 15 heavy (non-hydrogen) atoms. The quantitative estimate of drug-likeness (QED) is 0.373. The lowest BCUT2D eigenvalue weighted by Crippen LogP contribution is -2.22. The van der Waals surface area contributed by atoms with Crippen molar-refractivity contribution in [2.75, 3.05) is 0 Å². The van der Waals surface area contributed by atoms with Gasteiger partial charge in [-0.3, -0.25) is 14.6 Å². The normalized spacial score (nSPS) is 15.2. The number of hydrogen-bond donors (Lipinski definition) is 2. The second kappa shape index (κ2) is 4.49. The van der Waals surface area contributed by atoms with Gasteiger partial charge in [0.05, 0.1) is 5.57 Å². The predicted octanol–water partition coefficient (Wildman–Crippen LogP) is -0.156. The molecule has 0 aliphatic heterocycles. The van der Waals surface area contributed by atoms with Crippen molar-refractivity contribution in [3.63, 3.8) is 0 Å². The summed E-state index contributed by atoms with van der Waals surface area (Å²) in [6, 6.07) is 0. The molecule has 80 valence electrons. The van der Waals surface area contributed by atoms with Crippen molar-refractivity contribution in [2.24, 2.45) is 0 Å². The van der Waals surface area contributed by atoms with Gasteiger partial charge in [-0.05, 0) is 0 Å². The molecule has 2 N–H and O–H groups in total. The van der Waals surface area contributed by atoms with Gasteiger partial charge < -0.3 is 0 Å². The molecule has 1 rings (SSSR count). The largest absolute Gasteiger partial charge is 0.377 e. The van der Waals surface area contributed by atoms with Gasteiger partial charge >= 0.3 is 11.9 Å². The van der Waals surface area contributed by atoms with Crippen molar-refractivity contribution in [3.05, 3.63) is 23.3 Å². The molecule has 0 spiro atoms. The summed E-state index contributed by atoms with van der Waals surface area (Å²) < 4.78 is 0. The molecular weight excluding hydrogens is 208 g/mol. The predicted molar refractivity (Wildman–Crippen MR) is 43.2 cm³/mol. The Kier molecular flexibility index (Phi) is 3.32. The van der Waals surface area contributed by atoms with Gasteiger partial charge in [0.2, 0.25) is 0 Å². The minimum Gasteiger partial charge on any atom is -0.295 e. The number of ketones is 1. The summed E-state index contributed by atoms with van der Waals surface area (Å²) >= 11 is 0. The molecule has 0 bridgehead atoms. The van der Waals surface area contributed by atoms with Crippen LogP contribution in [0.4, 0.5) is 0 Å². The minimum atomic E-state index is -1.37. The molecule has 0 radical (unpaired) electrons. The van der Waals surface area contributed by atoms with Gasteiger partial charge in [-0.2, -0.15) is 10.5 Å².